The van der Waals surface area contributed by atoms with Crippen LogP contribution in [-0.2, 0) is 21.4 Å². The smallest absolute Gasteiger partial charge is 0.243 e. The molecule has 28 heavy (non-hydrogen) atoms. The molecule has 1 fully saturated rings. The Morgan fingerprint density at radius 1 is 1.14 bits per heavy atom. The van der Waals surface area contributed by atoms with Crippen LogP contribution >= 0.6 is 0 Å². The lowest BCUT2D eigenvalue weighted by Crippen LogP contribution is -2.51. The number of benzene rings is 2. The van der Waals surface area contributed by atoms with Gasteiger partial charge < -0.3 is 5.32 Å². The summed E-state index contributed by atoms with van der Waals surface area (Å²) in [6.45, 7) is 4.51. The van der Waals surface area contributed by atoms with Crippen molar-refractivity contribution in [1.82, 2.24) is 9.62 Å². The number of sulfonamides is 1. The fourth-order valence-electron chi connectivity index (χ4n) is 3.44. The third-order valence-electron chi connectivity index (χ3n) is 5.23. The van der Waals surface area contributed by atoms with Gasteiger partial charge in [0, 0.05) is 19.6 Å². The number of nitrogens with zero attached hydrogens (tertiary/aromatic N) is 1. The van der Waals surface area contributed by atoms with Crippen molar-refractivity contribution < 1.29 is 17.6 Å². The van der Waals surface area contributed by atoms with Gasteiger partial charge in [-0.2, -0.15) is 4.31 Å². The number of piperidine rings is 1. The fourth-order valence-corrected chi connectivity index (χ4v) is 5.04. The average Bonchev–Trinajstić information content (AvgIpc) is 2.67. The molecule has 0 bridgehead atoms. The third kappa shape index (κ3) is 4.42. The largest absolute Gasteiger partial charge is 0.352 e. The summed E-state index contributed by atoms with van der Waals surface area (Å²) in [5, 5.41) is 2.86. The van der Waals surface area contributed by atoms with Gasteiger partial charge in [-0.3, -0.25) is 4.79 Å². The van der Waals surface area contributed by atoms with Crippen molar-refractivity contribution in [3.8, 4) is 0 Å². The van der Waals surface area contributed by atoms with Crippen molar-refractivity contribution in [2.75, 3.05) is 13.1 Å². The van der Waals surface area contributed by atoms with Crippen molar-refractivity contribution in [3.63, 3.8) is 0 Å². The van der Waals surface area contributed by atoms with Crippen LogP contribution < -0.4 is 5.32 Å². The van der Waals surface area contributed by atoms with Gasteiger partial charge in [0.05, 0.1) is 10.3 Å². The summed E-state index contributed by atoms with van der Waals surface area (Å²) in [5.74, 6) is -0.521. The van der Waals surface area contributed by atoms with Crippen LogP contribution in [0.4, 0.5) is 4.39 Å². The highest BCUT2D eigenvalue weighted by molar-refractivity contribution is 7.89. The molecule has 0 aromatic heterocycles. The van der Waals surface area contributed by atoms with Gasteiger partial charge in [0.1, 0.15) is 5.82 Å². The summed E-state index contributed by atoms with van der Waals surface area (Å²) in [7, 11) is -3.64. The maximum Gasteiger partial charge on any atom is 0.243 e. The van der Waals surface area contributed by atoms with Gasteiger partial charge in [0.2, 0.25) is 15.9 Å². The summed E-state index contributed by atoms with van der Waals surface area (Å²) in [6, 6.07) is 12.7. The van der Waals surface area contributed by atoms with Crippen LogP contribution in [0.5, 0.6) is 0 Å². The van der Waals surface area contributed by atoms with Gasteiger partial charge in [-0.1, -0.05) is 29.8 Å². The predicted octanol–water partition coefficient (Wildman–Crippen LogP) is 3.24. The molecule has 150 valence electrons. The van der Waals surface area contributed by atoms with Gasteiger partial charge in [0.25, 0.3) is 0 Å². The first-order valence-electron chi connectivity index (χ1n) is 9.30. The van der Waals surface area contributed by atoms with Gasteiger partial charge in [-0.05, 0) is 56.5 Å². The van der Waals surface area contributed by atoms with Crippen LogP contribution in [0.15, 0.2) is 53.4 Å². The Labute approximate surface area is 165 Å². The molecule has 1 saturated heterocycles. The van der Waals surface area contributed by atoms with E-state index in [9.17, 15) is 17.6 Å². The summed E-state index contributed by atoms with van der Waals surface area (Å²) in [6.07, 6.45) is 1.23. The quantitative estimate of drug-likeness (QED) is 0.832. The second-order valence-corrected chi connectivity index (χ2v) is 9.56. The van der Waals surface area contributed by atoms with Crippen LogP contribution in [0.3, 0.4) is 0 Å². The molecule has 1 aliphatic heterocycles. The molecule has 1 N–H and O–H groups in total. The van der Waals surface area contributed by atoms with E-state index in [0.717, 1.165) is 11.1 Å². The van der Waals surface area contributed by atoms with E-state index < -0.39 is 15.4 Å². The van der Waals surface area contributed by atoms with E-state index in [4.69, 9.17) is 0 Å². The van der Waals surface area contributed by atoms with Crippen molar-refractivity contribution in [2.24, 2.45) is 5.41 Å². The lowest BCUT2D eigenvalue weighted by molar-refractivity contribution is -0.132. The molecule has 7 heteroatoms. The summed E-state index contributed by atoms with van der Waals surface area (Å²) in [4.78, 5) is 13.1. The van der Waals surface area contributed by atoms with E-state index in [-0.39, 0.29) is 29.7 Å². The minimum absolute atomic E-state index is 0.137. The van der Waals surface area contributed by atoms with Crippen LogP contribution in [0.1, 0.15) is 30.9 Å². The molecule has 0 aliphatic carbocycles. The van der Waals surface area contributed by atoms with E-state index >= 15 is 0 Å². The standard InChI is InChI=1S/C21H25FN2O3S/c1-16-4-10-19(11-5-16)28(26,27)24-13-3-12-21(2,15-24)20(25)23-14-17-6-8-18(22)9-7-17/h4-11H,3,12-15H2,1-2H3,(H,23,25)/t21-/m1/s1. The zero-order valence-corrected chi connectivity index (χ0v) is 16.9. The molecule has 2 aromatic carbocycles. The molecule has 1 atom stereocenters. The van der Waals surface area contributed by atoms with Gasteiger partial charge in [0.15, 0.2) is 0 Å². The van der Waals surface area contributed by atoms with Gasteiger partial charge >= 0.3 is 0 Å². The number of nitrogens with one attached hydrogen (secondary N) is 1. The number of carbonyl (C=O) groups is 1. The molecule has 2 aromatic rings. The second-order valence-electron chi connectivity index (χ2n) is 7.63. The van der Waals surface area contributed by atoms with Crippen LogP contribution in [0.2, 0.25) is 0 Å². The lowest BCUT2D eigenvalue weighted by atomic mass is 9.82. The molecule has 1 aliphatic rings. The molecule has 0 radical (unpaired) electrons. The first-order chi connectivity index (χ1) is 13.2. The van der Waals surface area contributed by atoms with E-state index in [0.29, 0.717) is 19.4 Å². The highest BCUT2D eigenvalue weighted by Crippen LogP contribution is 2.33. The minimum atomic E-state index is -3.64. The topological polar surface area (TPSA) is 66.5 Å². The summed E-state index contributed by atoms with van der Waals surface area (Å²) in [5.41, 5.74) is 0.969. The second kappa shape index (κ2) is 8.01. The zero-order chi connectivity index (χ0) is 20.4. The molecular formula is C21H25FN2O3S. The summed E-state index contributed by atoms with van der Waals surface area (Å²) >= 11 is 0. The monoisotopic (exact) mass is 404 g/mol. The number of aryl methyl sites for hydroxylation is 1. The van der Waals surface area contributed by atoms with Crippen molar-refractivity contribution in [1.29, 1.82) is 0 Å². The number of amides is 1. The molecule has 0 saturated carbocycles. The van der Waals surface area contributed by atoms with Crippen molar-refractivity contribution in [3.05, 3.63) is 65.5 Å². The van der Waals surface area contributed by atoms with E-state index in [2.05, 4.69) is 5.32 Å². The Morgan fingerprint density at radius 2 is 1.79 bits per heavy atom. The number of carbonyl (C=O) groups excluding carboxylic acids is 1. The maximum absolute atomic E-state index is 13.0. The van der Waals surface area contributed by atoms with Crippen molar-refractivity contribution in [2.45, 2.75) is 38.1 Å². The number of halogens is 1. The first-order valence-corrected chi connectivity index (χ1v) is 10.7. The number of hydrogen-bond donors (Lipinski definition) is 1. The highest BCUT2D eigenvalue weighted by Gasteiger charge is 2.41. The maximum atomic E-state index is 13.0. The lowest BCUT2D eigenvalue weighted by Gasteiger charge is -2.38. The van der Waals surface area contributed by atoms with Crippen LogP contribution in [-0.4, -0.2) is 31.7 Å². The molecule has 0 spiro atoms. The average molecular weight is 405 g/mol. The molecule has 1 heterocycles. The zero-order valence-electron chi connectivity index (χ0n) is 16.1. The van der Waals surface area contributed by atoms with E-state index in [1.807, 2.05) is 6.92 Å². The number of hydrogen-bond acceptors (Lipinski definition) is 3. The first kappa shape index (κ1) is 20.5. The fraction of sp³-hybridized carbons (Fsp3) is 0.381. The van der Waals surface area contributed by atoms with E-state index in [1.165, 1.54) is 16.4 Å². The molecule has 3 rings (SSSR count). The van der Waals surface area contributed by atoms with Crippen LogP contribution in [0, 0.1) is 18.2 Å². The Bertz CT molecular complexity index is 943. The Kier molecular flexibility index (Phi) is 5.86. The highest BCUT2D eigenvalue weighted by atomic mass is 32.2. The van der Waals surface area contributed by atoms with E-state index in [1.54, 1.807) is 43.3 Å². The number of rotatable bonds is 5. The molecule has 1 amide bonds. The van der Waals surface area contributed by atoms with Crippen molar-refractivity contribution >= 4 is 15.9 Å². The minimum Gasteiger partial charge on any atom is -0.352 e. The normalized spacial score (nSPS) is 20.7. The SMILES string of the molecule is Cc1ccc(S(=O)(=O)N2CCC[C@@](C)(C(=O)NCc3ccc(F)cc3)C2)cc1. The Hall–Kier alpha value is -2.25. The molecule has 5 nitrogen and oxygen atoms in total. The predicted molar refractivity (Wildman–Crippen MR) is 106 cm³/mol. The third-order valence-corrected chi connectivity index (χ3v) is 7.09. The molecule has 0 unspecified atom stereocenters. The van der Waals surface area contributed by atoms with Gasteiger partial charge in [-0.25, -0.2) is 12.8 Å². The molecular weight excluding hydrogens is 379 g/mol. The van der Waals surface area contributed by atoms with Crippen LogP contribution in [0.25, 0.3) is 0 Å². The summed E-state index contributed by atoms with van der Waals surface area (Å²) < 4.78 is 40.4. The Morgan fingerprint density at radius 3 is 2.43 bits per heavy atom. The van der Waals surface area contributed by atoms with Gasteiger partial charge in [-0.15, -0.1) is 0 Å². The Balaban J connectivity index is 1.70.